The normalized spacial score (nSPS) is 13.1. The molecule has 144 valence electrons. The molecular formula is C17H14ClF3N2O2S2. The molecule has 4 nitrogen and oxygen atoms in total. The van der Waals surface area contributed by atoms with Gasteiger partial charge in [0.15, 0.2) is 0 Å². The Bertz CT molecular complexity index is 1000. The summed E-state index contributed by atoms with van der Waals surface area (Å²) in [4.78, 5) is 3.56. The van der Waals surface area contributed by atoms with Crippen molar-refractivity contribution in [2.75, 3.05) is 6.26 Å². The molecule has 0 amide bonds. The predicted molar refractivity (Wildman–Crippen MR) is 103 cm³/mol. The van der Waals surface area contributed by atoms with E-state index in [2.05, 4.69) is 21.9 Å². The Kier molecular flexibility index (Phi) is 6.44. The summed E-state index contributed by atoms with van der Waals surface area (Å²) in [6.07, 6.45) is -3.63. The van der Waals surface area contributed by atoms with Gasteiger partial charge in [-0.2, -0.15) is 18.2 Å². The number of nitrogens with one attached hydrogen (secondary N) is 1. The third-order valence-corrected chi connectivity index (χ3v) is 4.82. The fourth-order valence-electron chi connectivity index (χ4n) is 2.55. The monoisotopic (exact) mass is 434 g/mol. The Morgan fingerprint density at radius 2 is 1.81 bits per heavy atom. The van der Waals surface area contributed by atoms with E-state index in [1.807, 2.05) is 5.16 Å². The van der Waals surface area contributed by atoms with Gasteiger partial charge in [0.25, 0.3) is 0 Å². The van der Waals surface area contributed by atoms with Crippen LogP contribution in [0.5, 0.6) is 0 Å². The quantitative estimate of drug-likeness (QED) is 0.508. The summed E-state index contributed by atoms with van der Waals surface area (Å²) >= 11 is 10.5. The second-order valence-corrected chi connectivity index (χ2v) is 8.15. The van der Waals surface area contributed by atoms with Crippen molar-refractivity contribution in [1.82, 2.24) is 4.72 Å². The van der Waals surface area contributed by atoms with Crippen LogP contribution in [0, 0.1) is 0 Å². The van der Waals surface area contributed by atoms with E-state index in [1.165, 1.54) is 30.3 Å². The summed E-state index contributed by atoms with van der Waals surface area (Å²) in [5, 5.41) is 1.88. The van der Waals surface area contributed by atoms with Crippen LogP contribution in [-0.2, 0) is 16.2 Å². The number of halogens is 4. The van der Waals surface area contributed by atoms with Crippen molar-refractivity contribution in [3.63, 3.8) is 0 Å². The molecule has 0 fully saturated rings. The number of nitrogens with zero attached hydrogens (tertiary/aromatic N) is 1. The van der Waals surface area contributed by atoms with Crippen LogP contribution < -0.4 is 4.72 Å². The van der Waals surface area contributed by atoms with E-state index in [4.69, 9.17) is 11.6 Å². The molecule has 0 heterocycles. The Hall–Kier alpha value is -1.77. The Morgan fingerprint density at radius 3 is 2.30 bits per heavy atom. The third kappa shape index (κ3) is 5.60. The van der Waals surface area contributed by atoms with Crippen molar-refractivity contribution in [3.8, 4) is 11.1 Å². The lowest BCUT2D eigenvalue weighted by Gasteiger charge is -2.17. The average molecular weight is 435 g/mol. The molecule has 27 heavy (non-hydrogen) atoms. The lowest BCUT2D eigenvalue weighted by Crippen LogP contribution is -2.25. The Balaban J connectivity index is 2.53. The van der Waals surface area contributed by atoms with Gasteiger partial charge in [0.05, 0.1) is 27.7 Å². The summed E-state index contributed by atoms with van der Waals surface area (Å²) in [5.41, 5.74) is -0.359. The van der Waals surface area contributed by atoms with E-state index in [-0.39, 0.29) is 21.8 Å². The van der Waals surface area contributed by atoms with E-state index in [0.717, 1.165) is 12.3 Å². The fourth-order valence-corrected chi connectivity index (χ4v) is 3.76. The molecule has 0 aliphatic heterocycles. The third-order valence-electron chi connectivity index (χ3n) is 3.65. The lowest BCUT2D eigenvalue weighted by atomic mass is 9.96. The average Bonchev–Trinajstić information content (AvgIpc) is 2.52. The van der Waals surface area contributed by atoms with Gasteiger partial charge in [-0.15, -0.1) is 0 Å². The van der Waals surface area contributed by atoms with Gasteiger partial charge in [0, 0.05) is 11.6 Å². The summed E-state index contributed by atoms with van der Waals surface area (Å²) in [7, 11) is -3.42. The van der Waals surface area contributed by atoms with Gasteiger partial charge < -0.3 is 0 Å². The summed E-state index contributed by atoms with van der Waals surface area (Å²) in [6, 6.07) is 7.57. The molecule has 0 aliphatic carbocycles. The molecule has 0 saturated carbocycles. The van der Waals surface area contributed by atoms with E-state index in [9.17, 15) is 21.6 Å². The Labute approximate surface area is 165 Å². The zero-order valence-corrected chi connectivity index (χ0v) is 16.5. The summed E-state index contributed by atoms with van der Waals surface area (Å²) in [6.45, 7) is 1.63. The van der Waals surface area contributed by atoms with E-state index < -0.39 is 27.8 Å². The first-order valence-corrected chi connectivity index (χ1v) is 10.2. The molecule has 2 aromatic carbocycles. The standard InChI is InChI=1S/C17H14ClF3N2O2S2/c1-10(23-27(2,24)25)11-3-5-12(6-4-11)16-14(17(19,20)21)7-13(22-9-26)8-15(16)18/h3-8,10,23H,1-2H3/t10-/m0/s1. The number of benzene rings is 2. The molecule has 0 spiro atoms. The molecule has 1 N–H and O–H groups in total. The van der Waals surface area contributed by atoms with Crippen LogP contribution in [0.25, 0.3) is 11.1 Å². The van der Waals surface area contributed by atoms with Crippen LogP contribution in [0.2, 0.25) is 5.02 Å². The van der Waals surface area contributed by atoms with E-state index in [1.54, 1.807) is 6.92 Å². The molecule has 0 bridgehead atoms. The number of isothiocyanates is 1. The minimum atomic E-state index is -4.66. The van der Waals surface area contributed by atoms with E-state index >= 15 is 0 Å². The highest BCUT2D eigenvalue weighted by Crippen LogP contribution is 2.43. The minimum Gasteiger partial charge on any atom is -0.213 e. The van der Waals surface area contributed by atoms with Crippen molar-refractivity contribution in [3.05, 3.63) is 52.5 Å². The number of alkyl halides is 3. The van der Waals surface area contributed by atoms with Crippen molar-refractivity contribution in [1.29, 1.82) is 0 Å². The van der Waals surface area contributed by atoms with Crippen molar-refractivity contribution < 1.29 is 21.6 Å². The SMILES string of the molecule is C[C@H](NS(C)(=O)=O)c1ccc(-c2c(Cl)cc(N=C=S)cc2C(F)(F)F)cc1. The maximum absolute atomic E-state index is 13.5. The maximum Gasteiger partial charge on any atom is 0.417 e. The van der Waals surface area contributed by atoms with E-state index in [0.29, 0.717) is 5.56 Å². The first-order valence-electron chi connectivity index (χ1n) is 7.48. The van der Waals surface area contributed by atoms with Crippen LogP contribution in [0.15, 0.2) is 41.4 Å². The molecule has 2 rings (SSSR count). The smallest absolute Gasteiger partial charge is 0.213 e. The maximum atomic E-state index is 13.5. The molecular weight excluding hydrogens is 421 g/mol. The van der Waals surface area contributed by atoms with Gasteiger partial charge in [-0.25, -0.2) is 13.1 Å². The molecule has 2 aromatic rings. The highest BCUT2D eigenvalue weighted by molar-refractivity contribution is 7.88. The fraction of sp³-hybridized carbons (Fsp3) is 0.235. The number of rotatable bonds is 5. The molecule has 0 aliphatic rings. The minimum absolute atomic E-state index is 0.0475. The molecule has 10 heteroatoms. The van der Waals surface area contributed by atoms with Gasteiger partial charge >= 0.3 is 6.18 Å². The highest BCUT2D eigenvalue weighted by Gasteiger charge is 2.35. The van der Waals surface area contributed by atoms with Crippen LogP contribution in [-0.4, -0.2) is 19.8 Å². The summed E-state index contributed by atoms with van der Waals surface area (Å²) < 4.78 is 65.5. The van der Waals surface area contributed by atoms with Gasteiger partial charge in [0.2, 0.25) is 10.0 Å². The molecule has 1 atom stereocenters. The first kappa shape index (κ1) is 21.5. The van der Waals surface area contributed by atoms with Crippen molar-refractivity contribution >= 4 is 44.7 Å². The highest BCUT2D eigenvalue weighted by atomic mass is 35.5. The second kappa shape index (κ2) is 8.08. The Morgan fingerprint density at radius 1 is 1.22 bits per heavy atom. The van der Waals surface area contributed by atoms with Crippen molar-refractivity contribution in [2.45, 2.75) is 19.1 Å². The van der Waals surface area contributed by atoms with Crippen LogP contribution in [0.1, 0.15) is 24.1 Å². The molecule has 0 saturated heterocycles. The second-order valence-electron chi connectivity index (χ2n) is 5.78. The van der Waals surface area contributed by atoms with Crippen LogP contribution in [0.4, 0.5) is 18.9 Å². The number of hydrogen-bond donors (Lipinski definition) is 1. The number of hydrogen-bond acceptors (Lipinski definition) is 4. The zero-order valence-electron chi connectivity index (χ0n) is 14.1. The number of aliphatic imine (C=N–C) groups is 1. The largest absolute Gasteiger partial charge is 0.417 e. The van der Waals surface area contributed by atoms with Gasteiger partial charge in [-0.1, -0.05) is 35.9 Å². The van der Waals surface area contributed by atoms with Gasteiger partial charge in [-0.3, -0.25) is 0 Å². The lowest BCUT2D eigenvalue weighted by molar-refractivity contribution is -0.137. The molecule has 0 unspecified atom stereocenters. The topological polar surface area (TPSA) is 58.5 Å². The first-order chi connectivity index (χ1) is 12.4. The van der Waals surface area contributed by atoms with Crippen LogP contribution in [0.3, 0.4) is 0 Å². The van der Waals surface area contributed by atoms with Crippen molar-refractivity contribution in [2.24, 2.45) is 4.99 Å². The summed E-state index contributed by atoms with van der Waals surface area (Å²) in [5.74, 6) is 0. The zero-order chi connectivity index (χ0) is 20.4. The van der Waals surface area contributed by atoms with Crippen LogP contribution >= 0.6 is 23.8 Å². The number of thiocarbonyl (C=S) groups is 1. The van der Waals surface area contributed by atoms with Gasteiger partial charge in [-0.05, 0) is 42.4 Å². The van der Waals surface area contributed by atoms with Gasteiger partial charge in [0.1, 0.15) is 0 Å². The molecule has 0 aromatic heterocycles. The predicted octanol–water partition coefficient (Wildman–Crippen LogP) is 5.37. The molecule has 0 radical (unpaired) electrons. The number of sulfonamides is 1.